The van der Waals surface area contributed by atoms with E-state index in [0.29, 0.717) is 35.7 Å². The van der Waals surface area contributed by atoms with Crippen LogP contribution in [0.25, 0.3) is 0 Å². The van der Waals surface area contributed by atoms with Crippen LogP contribution in [0.2, 0.25) is 0 Å². The van der Waals surface area contributed by atoms with Crippen LogP contribution in [0.5, 0.6) is 11.5 Å². The second-order valence-corrected chi connectivity index (χ2v) is 6.66. The van der Waals surface area contributed by atoms with Gasteiger partial charge in [-0.3, -0.25) is 14.6 Å². The van der Waals surface area contributed by atoms with Crippen molar-refractivity contribution in [1.82, 2.24) is 10.3 Å². The highest BCUT2D eigenvalue weighted by atomic mass is 16.5. The van der Waals surface area contributed by atoms with E-state index in [1.54, 1.807) is 49.8 Å². The molecule has 2 heterocycles. The van der Waals surface area contributed by atoms with Gasteiger partial charge in [0.25, 0.3) is 5.91 Å². The Kier molecular flexibility index (Phi) is 5.24. The first kappa shape index (κ1) is 18.7. The molecule has 146 valence electrons. The maximum Gasteiger partial charge on any atom is 0.251 e. The predicted molar refractivity (Wildman–Crippen MR) is 107 cm³/mol. The molecule has 1 atom stereocenters. The molecule has 1 aliphatic rings. The summed E-state index contributed by atoms with van der Waals surface area (Å²) in [4.78, 5) is 27.9. The third-order valence-electron chi connectivity index (χ3n) is 4.81. The molecule has 29 heavy (non-hydrogen) atoms. The van der Waals surface area contributed by atoms with Gasteiger partial charge in [-0.1, -0.05) is 12.1 Å². The number of ketones is 1. The molecule has 0 aliphatic carbocycles. The first-order valence-corrected chi connectivity index (χ1v) is 9.34. The topological polar surface area (TPSA) is 77.5 Å². The molecule has 1 N–H and O–H groups in total. The lowest BCUT2D eigenvalue weighted by Crippen LogP contribution is -2.18. The second kappa shape index (κ2) is 8.14. The molecule has 4 rings (SSSR count). The molecule has 0 bridgehead atoms. The van der Waals surface area contributed by atoms with E-state index in [4.69, 9.17) is 9.47 Å². The minimum absolute atomic E-state index is 0.0771. The van der Waals surface area contributed by atoms with Crippen LogP contribution in [0, 0.1) is 0 Å². The molecule has 0 saturated carbocycles. The Bertz CT molecular complexity index is 1030. The summed E-state index contributed by atoms with van der Waals surface area (Å²) in [5.41, 5.74) is 2.96. The van der Waals surface area contributed by atoms with E-state index >= 15 is 0 Å². The van der Waals surface area contributed by atoms with Gasteiger partial charge in [0, 0.05) is 37.5 Å². The Morgan fingerprint density at radius 1 is 1.07 bits per heavy atom. The van der Waals surface area contributed by atoms with Crippen molar-refractivity contribution in [3.05, 3.63) is 89.2 Å². The van der Waals surface area contributed by atoms with E-state index in [9.17, 15) is 9.59 Å². The fraction of sp³-hybridized carbons (Fsp3) is 0.174. The van der Waals surface area contributed by atoms with E-state index < -0.39 is 6.10 Å². The first-order valence-electron chi connectivity index (χ1n) is 9.34. The van der Waals surface area contributed by atoms with Crippen LogP contribution in [0.15, 0.2) is 67.0 Å². The van der Waals surface area contributed by atoms with Crippen LogP contribution in [0.4, 0.5) is 0 Å². The highest BCUT2D eigenvalue weighted by Crippen LogP contribution is 2.33. The number of benzene rings is 2. The zero-order valence-corrected chi connectivity index (χ0v) is 15.9. The smallest absolute Gasteiger partial charge is 0.251 e. The lowest BCUT2D eigenvalue weighted by Gasteiger charge is -2.22. The van der Waals surface area contributed by atoms with Crippen molar-refractivity contribution >= 4 is 11.7 Å². The van der Waals surface area contributed by atoms with Crippen molar-refractivity contribution in [2.24, 2.45) is 0 Å². The van der Waals surface area contributed by atoms with E-state index in [2.05, 4.69) is 10.3 Å². The normalized spacial score (nSPS) is 13.8. The molecule has 0 saturated heterocycles. The van der Waals surface area contributed by atoms with Crippen molar-refractivity contribution in [3.63, 3.8) is 0 Å². The Labute approximate surface area is 168 Å². The van der Waals surface area contributed by atoms with Gasteiger partial charge in [0.2, 0.25) is 0 Å². The third-order valence-corrected chi connectivity index (χ3v) is 4.81. The number of amides is 1. The summed E-state index contributed by atoms with van der Waals surface area (Å²) < 4.78 is 11.9. The van der Waals surface area contributed by atoms with Crippen LogP contribution in [0.3, 0.4) is 0 Å². The molecule has 1 unspecified atom stereocenters. The van der Waals surface area contributed by atoms with Crippen molar-refractivity contribution < 1.29 is 19.1 Å². The second-order valence-electron chi connectivity index (χ2n) is 6.66. The zero-order chi connectivity index (χ0) is 20.2. The van der Waals surface area contributed by atoms with E-state index in [1.165, 1.54) is 0 Å². The van der Waals surface area contributed by atoms with Crippen LogP contribution >= 0.6 is 0 Å². The molecule has 0 radical (unpaired) electrons. The van der Waals surface area contributed by atoms with Gasteiger partial charge in [-0.2, -0.15) is 0 Å². The number of aromatic nitrogens is 1. The Hall–Kier alpha value is -3.67. The summed E-state index contributed by atoms with van der Waals surface area (Å²) in [6.07, 6.45) is 3.40. The minimum atomic E-state index is -0.408. The highest BCUT2D eigenvalue weighted by molar-refractivity contribution is 5.99. The third kappa shape index (κ3) is 3.96. The average molecular weight is 388 g/mol. The predicted octanol–water partition coefficient (Wildman–Crippen LogP) is 3.57. The number of nitrogens with one attached hydrogen (secondary N) is 1. The van der Waals surface area contributed by atoms with Gasteiger partial charge in [-0.25, -0.2) is 0 Å². The molecule has 6 nitrogen and oxygen atoms in total. The van der Waals surface area contributed by atoms with Crippen LogP contribution < -0.4 is 14.8 Å². The quantitative estimate of drug-likeness (QED) is 0.723. The average Bonchev–Trinajstić information content (AvgIpc) is 2.78. The van der Waals surface area contributed by atoms with Crippen LogP contribution in [-0.4, -0.2) is 30.3 Å². The molecule has 1 amide bonds. The lowest BCUT2D eigenvalue weighted by molar-refractivity contribution is 0.0930. The van der Waals surface area contributed by atoms with Gasteiger partial charge in [0.1, 0.15) is 17.6 Å². The fourth-order valence-electron chi connectivity index (χ4n) is 3.27. The SMILES string of the molecule is CNC(=O)c1ccc(C(Oc2ccc3c(c2)OCCC3=O)c2ccncc2)cc1. The molecule has 2 aromatic carbocycles. The van der Waals surface area contributed by atoms with E-state index in [0.717, 1.165) is 11.1 Å². The molecule has 0 fully saturated rings. The standard InChI is InChI=1S/C23H20N2O4/c1-24-23(27)17-4-2-15(3-5-17)22(16-8-11-25-12-9-16)29-18-6-7-19-20(26)10-13-28-21(19)14-18/h2-9,11-12,14,22H,10,13H2,1H3,(H,24,27). The maximum absolute atomic E-state index is 12.0. The Morgan fingerprint density at radius 2 is 1.79 bits per heavy atom. The number of carbonyl (C=O) groups is 2. The molecule has 6 heteroatoms. The molecular weight excluding hydrogens is 368 g/mol. The molecular formula is C23H20N2O4. The molecule has 1 aromatic heterocycles. The molecule has 3 aromatic rings. The van der Waals surface area contributed by atoms with E-state index in [1.807, 2.05) is 24.3 Å². The van der Waals surface area contributed by atoms with Crippen LogP contribution in [-0.2, 0) is 0 Å². The van der Waals surface area contributed by atoms with Crippen LogP contribution in [0.1, 0.15) is 44.4 Å². The monoisotopic (exact) mass is 388 g/mol. The lowest BCUT2D eigenvalue weighted by atomic mass is 10.0. The van der Waals surface area contributed by atoms with Crippen molar-refractivity contribution in [3.8, 4) is 11.5 Å². The summed E-state index contributed by atoms with van der Waals surface area (Å²) >= 11 is 0. The minimum Gasteiger partial charge on any atom is -0.492 e. The summed E-state index contributed by atoms with van der Waals surface area (Å²) in [6.45, 7) is 0.379. The fourth-order valence-corrected chi connectivity index (χ4v) is 3.27. The highest BCUT2D eigenvalue weighted by Gasteiger charge is 2.21. The zero-order valence-electron chi connectivity index (χ0n) is 15.9. The number of nitrogens with zero attached hydrogens (tertiary/aromatic N) is 1. The number of fused-ring (bicyclic) bond motifs is 1. The molecule has 0 spiro atoms. The maximum atomic E-state index is 12.0. The Balaban J connectivity index is 1.67. The van der Waals surface area contributed by atoms with Gasteiger partial charge < -0.3 is 14.8 Å². The first-order chi connectivity index (χ1) is 14.2. The number of Topliss-reactive ketones (excluding diaryl/α,β-unsaturated/α-hetero) is 1. The number of pyridine rings is 1. The van der Waals surface area contributed by atoms with Gasteiger partial charge in [0.15, 0.2) is 5.78 Å². The number of carbonyl (C=O) groups excluding carboxylic acids is 2. The largest absolute Gasteiger partial charge is 0.492 e. The van der Waals surface area contributed by atoms with Crippen molar-refractivity contribution in [1.29, 1.82) is 0 Å². The number of rotatable bonds is 5. The van der Waals surface area contributed by atoms with Gasteiger partial charge >= 0.3 is 0 Å². The van der Waals surface area contributed by atoms with Crippen molar-refractivity contribution in [2.45, 2.75) is 12.5 Å². The number of hydrogen-bond donors (Lipinski definition) is 1. The summed E-state index contributed by atoms with van der Waals surface area (Å²) in [5, 5.41) is 2.61. The summed E-state index contributed by atoms with van der Waals surface area (Å²) in [5.74, 6) is 1.07. The summed E-state index contributed by atoms with van der Waals surface area (Å²) in [7, 11) is 1.60. The van der Waals surface area contributed by atoms with Gasteiger partial charge in [-0.05, 0) is 47.5 Å². The van der Waals surface area contributed by atoms with Gasteiger partial charge in [-0.15, -0.1) is 0 Å². The van der Waals surface area contributed by atoms with Gasteiger partial charge in [0.05, 0.1) is 12.2 Å². The summed E-state index contributed by atoms with van der Waals surface area (Å²) in [6, 6.07) is 16.3. The molecule has 1 aliphatic heterocycles. The Morgan fingerprint density at radius 3 is 2.52 bits per heavy atom. The van der Waals surface area contributed by atoms with E-state index in [-0.39, 0.29) is 11.7 Å². The van der Waals surface area contributed by atoms with Crippen molar-refractivity contribution in [2.75, 3.05) is 13.7 Å². The number of ether oxygens (including phenoxy) is 2. The number of hydrogen-bond acceptors (Lipinski definition) is 5.